The Morgan fingerprint density at radius 3 is 2.52 bits per heavy atom. The van der Waals surface area contributed by atoms with Gasteiger partial charge in [0.15, 0.2) is 0 Å². The van der Waals surface area contributed by atoms with Gasteiger partial charge in [0.2, 0.25) is 11.8 Å². The third-order valence-electron chi connectivity index (χ3n) is 4.53. The molecular weight excluding hydrogens is 268 g/mol. The summed E-state index contributed by atoms with van der Waals surface area (Å²) in [6.45, 7) is 6.93. The third kappa shape index (κ3) is 3.76. The Morgan fingerprint density at radius 2 is 1.95 bits per heavy atom. The minimum absolute atomic E-state index is 0.0303. The number of nitrogens with one attached hydrogen (secondary N) is 1. The van der Waals surface area contributed by atoms with E-state index >= 15 is 0 Å². The molecule has 21 heavy (non-hydrogen) atoms. The van der Waals surface area contributed by atoms with Crippen LogP contribution in [0.1, 0.15) is 52.9 Å². The van der Waals surface area contributed by atoms with E-state index in [4.69, 9.17) is 4.74 Å². The van der Waals surface area contributed by atoms with Gasteiger partial charge in [-0.25, -0.2) is 0 Å². The number of nitrogens with zero attached hydrogens (tertiary/aromatic N) is 1. The van der Waals surface area contributed by atoms with Crippen LogP contribution in [0.2, 0.25) is 0 Å². The SMILES string of the molecule is CCC1NC(=O)C(C(C)C)N(CCOC2CCCC2)C1=O. The molecule has 0 bridgehead atoms. The molecule has 0 aromatic carbocycles. The summed E-state index contributed by atoms with van der Waals surface area (Å²) in [6.07, 6.45) is 5.71. The Balaban J connectivity index is 1.96. The highest BCUT2D eigenvalue weighted by Gasteiger charge is 2.40. The average Bonchev–Trinajstić information content (AvgIpc) is 2.94. The topological polar surface area (TPSA) is 58.6 Å². The quantitative estimate of drug-likeness (QED) is 0.812. The molecule has 1 saturated carbocycles. The number of ether oxygens (including phenoxy) is 1. The van der Waals surface area contributed by atoms with Crippen molar-refractivity contribution in [1.29, 1.82) is 0 Å². The van der Waals surface area contributed by atoms with Crippen LogP contribution in [-0.4, -0.2) is 48.1 Å². The van der Waals surface area contributed by atoms with Crippen LogP contribution in [0, 0.1) is 5.92 Å². The van der Waals surface area contributed by atoms with E-state index in [1.54, 1.807) is 4.90 Å². The summed E-state index contributed by atoms with van der Waals surface area (Å²) in [5, 5.41) is 2.84. The normalized spacial score (nSPS) is 27.5. The summed E-state index contributed by atoms with van der Waals surface area (Å²) in [4.78, 5) is 26.5. The van der Waals surface area contributed by atoms with Crippen LogP contribution in [0.5, 0.6) is 0 Å². The zero-order valence-electron chi connectivity index (χ0n) is 13.4. The molecule has 120 valence electrons. The summed E-state index contributed by atoms with van der Waals surface area (Å²) in [5.74, 6) is 0.112. The van der Waals surface area contributed by atoms with E-state index < -0.39 is 0 Å². The molecule has 1 aliphatic heterocycles. The number of amides is 2. The van der Waals surface area contributed by atoms with Crippen LogP contribution in [-0.2, 0) is 14.3 Å². The molecule has 1 aliphatic carbocycles. The van der Waals surface area contributed by atoms with Gasteiger partial charge in [-0.2, -0.15) is 0 Å². The Hall–Kier alpha value is -1.10. The molecule has 2 fully saturated rings. The van der Waals surface area contributed by atoms with E-state index in [0.717, 1.165) is 12.8 Å². The van der Waals surface area contributed by atoms with Crippen LogP contribution in [0.15, 0.2) is 0 Å². The minimum Gasteiger partial charge on any atom is -0.376 e. The maximum absolute atomic E-state index is 12.5. The number of carbonyl (C=O) groups is 2. The molecule has 1 saturated heterocycles. The molecule has 2 aliphatic rings. The highest BCUT2D eigenvalue weighted by atomic mass is 16.5. The van der Waals surface area contributed by atoms with Gasteiger partial charge in [0, 0.05) is 6.54 Å². The lowest BCUT2D eigenvalue weighted by atomic mass is 9.96. The monoisotopic (exact) mass is 296 g/mol. The number of rotatable bonds is 6. The van der Waals surface area contributed by atoms with Crippen molar-refractivity contribution in [3.63, 3.8) is 0 Å². The molecule has 0 aromatic heterocycles. The second-order valence-electron chi connectivity index (χ2n) is 6.47. The van der Waals surface area contributed by atoms with Crippen molar-refractivity contribution in [2.75, 3.05) is 13.2 Å². The van der Waals surface area contributed by atoms with Crippen LogP contribution >= 0.6 is 0 Å². The van der Waals surface area contributed by atoms with Gasteiger partial charge in [-0.3, -0.25) is 9.59 Å². The minimum atomic E-state index is -0.376. The molecule has 2 unspecified atom stereocenters. The van der Waals surface area contributed by atoms with Crippen molar-refractivity contribution in [3.8, 4) is 0 Å². The highest BCUT2D eigenvalue weighted by molar-refractivity contribution is 5.97. The molecular formula is C16H28N2O3. The largest absolute Gasteiger partial charge is 0.376 e. The van der Waals surface area contributed by atoms with Gasteiger partial charge in [-0.1, -0.05) is 33.6 Å². The maximum Gasteiger partial charge on any atom is 0.245 e. The van der Waals surface area contributed by atoms with Crippen LogP contribution in [0.25, 0.3) is 0 Å². The standard InChI is InChI=1S/C16H28N2O3/c1-4-13-16(20)18(14(11(2)3)15(19)17-13)9-10-21-12-7-5-6-8-12/h11-14H,4-10H2,1-3H3,(H,17,19). The molecule has 2 rings (SSSR count). The first-order valence-corrected chi connectivity index (χ1v) is 8.27. The zero-order valence-corrected chi connectivity index (χ0v) is 13.4. The summed E-state index contributed by atoms with van der Waals surface area (Å²) in [6, 6.07) is -0.744. The van der Waals surface area contributed by atoms with E-state index in [1.807, 2.05) is 20.8 Å². The maximum atomic E-state index is 12.5. The Kier molecular flexibility index (Phi) is 5.62. The van der Waals surface area contributed by atoms with Crippen LogP contribution < -0.4 is 5.32 Å². The molecule has 0 spiro atoms. The Bertz CT molecular complexity index is 378. The van der Waals surface area contributed by atoms with Gasteiger partial charge in [0.05, 0.1) is 12.7 Å². The molecule has 5 heteroatoms. The molecule has 1 heterocycles. The predicted molar refractivity (Wildman–Crippen MR) is 80.8 cm³/mol. The van der Waals surface area contributed by atoms with Crippen molar-refractivity contribution < 1.29 is 14.3 Å². The van der Waals surface area contributed by atoms with Crippen LogP contribution in [0.3, 0.4) is 0 Å². The predicted octanol–water partition coefficient (Wildman–Crippen LogP) is 1.71. The third-order valence-corrected chi connectivity index (χ3v) is 4.53. The first-order valence-electron chi connectivity index (χ1n) is 8.27. The smallest absolute Gasteiger partial charge is 0.245 e. The van der Waals surface area contributed by atoms with Gasteiger partial charge in [-0.15, -0.1) is 0 Å². The number of piperazine rings is 1. The molecule has 5 nitrogen and oxygen atoms in total. The van der Waals surface area contributed by atoms with Crippen molar-refractivity contribution in [1.82, 2.24) is 10.2 Å². The van der Waals surface area contributed by atoms with Crippen LogP contribution in [0.4, 0.5) is 0 Å². The molecule has 0 aromatic rings. The Labute approximate surface area is 127 Å². The van der Waals surface area contributed by atoms with E-state index in [0.29, 0.717) is 25.7 Å². The van der Waals surface area contributed by atoms with E-state index in [-0.39, 0.29) is 29.8 Å². The van der Waals surface area contributed by atoms with Gasteiger partial charge >= 0.3 is 0 Å². The highest BCUT2D eigenvalue weighted by Crippen LogP contribution is 2.22. The lowest BCUT2D eigenvalue weighted by Gasteiger charge is -2.40. The lowest BCUT2D eigenvalue weighted by molar-refractivity contribution is -0.152. The fourth-order valence-electron chi connectivity index (χ4n) is 3.36. The molecule has 2 amide bonds. The number of hydrogen-bond acceptors (Lipinski definition) is 3. The lowest BCUT2D eigenvalue weighted by Crippen LogP contribution is -2.65. The van der Waals surface area contributed by atoms with E-state index in [9.17, 15) is 9.59 Å². The van der Waals surface area contributed by atoms with Crippen molar-refractivity contribution in [3.05, 3.63) is 0 Å². The fraction of sp³-hybridized carbons (Fsp3) is 0.875. The Morgan fingerprint density at radius 1 is 1.29 bits per heavy atom. The van der Waals surface area contributed by atoms with E-state index in [2.05, 4.69) is 5.32 Å². The van der Waals surface area contributed by atoms with Gasteiger partial charge in [0.25, 0.3) is 0 Å². The summed E-state index contributed by atoms with van der Waals surface area (Å²) in [7, 11) is 0. The fourth-order valence-corrected chi connectivity index (χ4v) is 3.36. The first kappa shape index (κ1) is 16.3. The summed E-state index contributed by atoms with van der Waals surface area (Å²) >= 11 is 0. The molecule has 0 radical (unpaired) electrons. The number of carbonyl (C=O) groups excluding carboxylic acids is 2. The van der Waals surface area contributed by atoms with Crippen molar-refractivity contribution in [2.45, 2.75) is 71.1 Å². The first-order chi connectivity index (χ1) is 10.0. The van der Waals surface area contributed by atoms with Gasteiger partial charge < -0.3 is 15.0 Å². The summed E-state index contributed by atoms with van der Waals surface area (Å²) in [5.41, 5.74) is 0. The molecule has 2 atom stereocenters. The van der Waals surface area contributed by atoms with E-state index in [1.165, 1.54) is 12.8 Å². The molecule has 1 N–H and O–H groups in total. The zero-order chi connectivity index (χ0) is 15.4. The summed E-state index contributed by atoms with van der Waals surface area (Å²) < 4.78 is 5.86. The van der Waals surface area contributed by atoms with Crippen molar-refractivity contribution >= 4 is 11.8 Å². The second kappa shape index (κ2) is 7.25. The van der Waals surface area contributed by atoms with Gasteiger partial charge in [0.1, 0.15) is 12.1 Å². The average molecular weight is 296 g/mol. The number of hydrogen-bond donors (Lipinski definition) is 1. The second-order valence-corrected chi connectivity index (χ2v) is 6.47. The van der Waals surface area contributed by atoms with Crippen molar-refractivity contribution in [2.24, 2.45) is 5.92 Å². The van der Waals surface area contributed by atoms with Gasteiger partial charge in [-0.05, 0) is 25.2 Å².